The molecule has 104 valence electrons. The Morgan fingerprint density at radius 1 is 1.39 bits per heavy atom. The maximum Gasteiger partial charge on any atom is 0.305 e. The molecular weight excluding hydrogens is 232 g/mol. The third-order valence-electron chi connectivity index (χ3n) is 3.06. The fourth-order valence-corrected chi connectivity index (χ4v) is 1.97. The van der Waals surface area contributed by atoms with E-state index >= 15 is 0 Å². The Balaban J connectivity index is 1.93. The standard InChI is InChI=1S/C14H24O4/c1-11(15)7-4-3-5-8-12-13(18-12)9-6-10-14(16)17-2/h4,7,11-13,15H,3,5-6,8-10H2,1-2H3/b7-4+. The number of hydrogen-bond donors (Lipinski definition) is 1. The molecule has 0 aliphatic carbocycles. The number of esters is 1. The van der Waals surface area contributed by atoms with E-state index in [4.69, 9.17) is 9.84 Å². The zero-order chi connectivity index (χ0) is 13.4. The summed E-state index contributed by atoms with van der Waals surface area (Å²) in [4.78, 5) is 10.9. The topological polar surface area (TPSA) is 59.1 Å². The van der Waals surface area contributed by atoms with E-state index in [0.29, 0.717) is 18.6 Å². The molecule has 1 N–H and O–H groups in total. The van der Waals surface area contributed by atoms with Crippen LogP contribution in [0.2, 0.25) is 0 Å². The predicted molar refractivity (Wildman–Crippen MR) is 69.2 cm³/mol. The summed E-state index contributed by atoms with van der Waals surface area (Å²) < 4.78 is 10.1. The maximum absolute atomic E-state index is 10.9. The minimum atomic E-state index is -0.353. The number of methoxy groups -OCH3 is 1. The smallest absolute Gasteiger partial charge is 0.305 e. The van der Waals surface area contributed by atoms with E-state index in [1.54, 1.807) is 6.92 Å². The number of carbonyl (C=O) groups is 1. The molecular formula is C14H24O4. The van der Waals surface area contributed by atoms with Crippen molar-refractivity contribution in [2.45, 2.75) is 63.8 Å². The van der Waals surface area contributed by atoms with Crippen molar-refractivity contribution < 1.29 is 19.4 Å². The molecule has 0 bridgehead atoms. The molecule has 1 rings (SSSR count). The van der Waals surface area contributed by atoms with Crippen molar-refractivity contribution in [2.24, 2.45) is 0 Å². The Hall–Kier alpha value is -0.870. The summed E-state index contributed by atoms with van der Waals surface area (Å²) in [5.74, 6) is -0.143. The Morgan fingerprint density at radius 2 is 2.06 bits per heavy atom. The fourth-order valence-electron chi connectivity index (χ4n) is 1.97. The van der Waals surface area contributed by atoms with Crippen molar-refractivity contribution in [1.29, 1.82) is 0 Å². The Kier molecular flexibility index (Phi) is 6.98. The first-order valence-electron chi connectivity index (χ1n) is 6.70. The predicted octanol–water partition coefficient (Wildman–Crippen LogP) is 2.20. The van der Waals surface area contributed by atoms with Gasteiger partial charge in [0.1, 0.15) is 0 Å². The lowest BCUT2D eigenvalue weighted by molar-refractivity contribution is -0.140. The first-order valence-corrected chi connectivity index (χ1v) is 6.70. The normalized spacial score (nSPS) is 24.2. The van der Waals surface area contributed by atoms with Crippen molar-refractivity contribution in [2.75, 3.05) is 7.11 Å². The molecule has 18 heavy (non-hydrogen) atoms. The van der Waals surface area contributed by atoms with Crippen LogP contribution in [0, 0.1) is 0 Å². The van der Waals surface area contributed by atoms with Crippen LogP contribution in [-0.4, -0.2) is 36.5 Å². The van der Waals surface area contributed by atoms with E-state index in [0.717, 1.165) is 32.1 Å². The summed E-state index contributed by atoms with van der Waals surface area (Å²) in [5.41, 5.74) is 0. The Morgan fingerprint density at radius 3 is 2.67 bits per heavy atom. The Labute approximate surface area is 109 Å². The summed E-state index contributed by atoms with van der Waals surface area (Å²) in [6.07, 6.45) is 9.60. The van der Waals surface area contributed by atoms with Gasteiger partial charge >= 0.3 is 5.97 Å². The zero-order valence-electron chi connectivity index (χ0n) is 11.3. The van der Waals surface area contributed by atoms with E-state index in [2.05, 4.69) is 4.74 Å². The number of allylic oxidation sites excluding steroid dienone is 1. The van der Waals surface area contributed by atoms with E-state index in [1.807, 2.05) is 12.2 Å². The van der Waals surface area contributed by atoms with Gasteiger partial charge in [-0.25, -0.2) is 0 Å². The van der Waals surface area contributed by atoms with Crippen LogP contribution in [0.5, 0.6) is 0 Å². The van der Waals surface area contributed by atoms with E-state index in [1.165, 1.54) is 7.11 Å². The Bertz CT molecular complexity index is 273. The molecule has 4 nitrogen and oxygen atoms in total. The number of rotatable bonds is 9. The van der Waals surface area contributed by atoms with Crippen LogP contribution in [0.4, 0.5) is 0 Å². The van der Waals surface area contributed by atoms with E-state index in [9.17, 15) is 4.79 Å². The summed E-state index contributed by atoms with van der Waals surface area (Å²) in [5, 5.41) is 9.03. The molecule has 0 radical (unpaired) electrons. The van der Waals surface area contributed by atoms with Gasteiger partial charge in [-0.05, 0) is 39.0 Å². The average Bonchev–Trinajstić information content (AvgIpc) is 3.06. The monoisotopic (exact) mass is 256 g/mol. The second-order valence-corrected chi connectivity index (χ2v) is 4.78. The van der Waals surface area contributed by atoms with Crippen LogP contribution in [0.25, 0.3) is 0 Å². The second-order valence-electron chi connectivity index (χ2n) is 4.78. The van der Waals surface area contributed by atoms with E-state index in [-0.39, 0.29) is 12.1 Å². The summed E-state index contributed by atoms with van der Waals surface area (Å²) in [6.45, 7) is 1.75. The number of aliphatic hydroxyl groups excluding tert-OH is 1. The van der Waals surface area contributed by atoms with Gasteiger partial charge in [-0.2, -0.15) is 0 Å². The summed E-state index contributed by atoms with van der Waals surface area (Å²) in [6, 6.07) is 0. The fraction of sp³-hybridized carbons (Fsp3) is 0.786. The molecule has 0 aromatic carbocycles. The SMILES string of the molecule is COC(=O)CCCC1OC1CCC/C=C/C(C)O. The molecule has 0 saturated carbocycles. The largest absolute Gasteiger partial charge is 0.469 e. The second kappa shape index (κ2) is 8.27. The number of epoxide rings is 1. The molecule has 4 heteroatoms. The highest BCUT2D eigenvalue weighted by Gasteiger charge is 2.36. The van der Waals surface area contributed by atoms with Gasteiger partial charge in [0.05, 0.1) is 25.4 Å². The molecule has 3 atom stereocenters. The first-order chi connectivity index (χ1) is 8.63. The zero-order valence-corrected chi connectivity index (χ0v) is 11.3. The molecule has 0 amide bonds. The van der Waals surface area contributed by atoms with Crippen molar-refractivity contribution in [1.82, 2.24) is 0 Å². The van der Waals surface area contributed by atoms with Gasteiger partial charge in [0.2, 0.25) is 0 Å². The molecule has 0 aromatic heterocycles. The quantitative estimate of drug-likeness (QED) is 0.297. The van der Waals surface area contributed by atoms with E-state index < -0.39 is 0 Å². The number of unbranched alkanes of at least 4 members (excludes halogenated alkanes) is 1. The van der Waals surface area contributed by atoms with Crippen LogP contribution >= 0.6 is 0 Å². The van der Waals surface area contributed by atoms with Crippen molar-refractivity contribution in [3.63, 3.8) is 0 Å². The van der Waals surface area contributed by atoms with Crippen LogP contribution in [0.3, 0.4) is 0 Å². The lowest BCUT2D eigenvalue weighted by atomic mass is 10.1. The van der Waals surface area contributed by atoms with Crippen LogP contribution in [0.15, 0.2) is 12.2 Å². The first kappa shape index (κ1) is 15.2. The number of carbonyl (C=O) groups excluding carboxylic acids is 1. The van der Waals surface area contributed by atoms with Gasteiger partial charge in [0, 0.05) is 6.42 Å². The number of aliphatic hydroxyl groups is 1. The van der Waals surface area contributed by atoms with Crippen LogP contribution < -0.4 is 0 Å². The highest BCUT2D eigenvalue weighted by atomic mass is 16.6. The van der Waals surface area contributed by atoms with Crippen molar-refractivity contribution in [3.8, 4) is 0 Å². The number of ether oxygens (including phenoxy) is 2. The molecule has 1 heterocycles. The highest BCUT2D eigenvalue weighted by Crippen LogP contribution is 2.31. The van der Waals surface area contributed by atoms with Gasteiger partial charge in [-0.15, -0.1) is 0 Å². The maximum atomic E-state index is 10.9. The van der Waals surface area contributed by atoms with Gasteiger partial charge in [-0.1, -0.05) is 12.2 Å². The average molecular weight is 256 g/mol. The molecule has 1 saturated heterocycles. The van der Waals surface area contributed by atoms with Crippen molar-refractivity contribution >= 4 is 5.97 Å². The van der Waals surface area contributed by atoms with Crippen LogP contribution in [0.1, 0.15) is 45.4 Å². The van der Waals surface area contributed by atoms with Gasteiger partial charge in [0.15, 0.2) is 0 Å². The molecule has 0 aromatic rings. The summed E-state index contributed by atoms with van der Waals surface area (Å²) in [7, 11) is 1.42. The van der Waals surface area contributed by atoms with Gasteiger partial charge < -0.3 is 14.6 Å². The summed E-state index contributed by atoms with van der Waals surface area (Å²) >= 11 is 0. The molecule has 1 fully saturated rings. The molecule has 0 spiro atoms. The molecule has 1 aliphatic heterocycles. The third-order valence-corrected chi connectivity index (χ3v) is 3.06. The minimum Gasteiger partial charge on any atom is -0.469 e. The minimum absolute atomic E-state index is 0.143. The van der Waals surface area contributed by atoms with Crippen LogP contribution in [-0.2, 0) is 14.3 Å². The molecule has 3 unspecified atom stereocenters. The number of hydrogen-bond acceptors (Lipinski definition) is 4. The third kappa shape index (κ3) is 6.77. The van der Waals surface area contributed by atoms with Crippen molar-refractivity contribution in [3.05, 3.63) is 12.2 Å². The molecule has 1 aliphatic rings. The lowest BCUT2D eigenvalue weighted by Gasteiger charge is -1.97. The highest BCUT2D eigenvalue weighted by molar-refractivity contribution is 5.68. The van der Waals surface area contributed by atoms with Gasteiger partial charge in [-0.3, -0.25) is 4.79 Å². The lowest BCUT2D eigenvalue weighted by Crippen LogP contribution is -2.01. The van der Waals surface area contributed by atoms with Gasteiger partial charge in [0.25, 0.3) is 0 Å².